The van der Waals surface area contributed by atoms with Crippen LogP contribution in [0.25, 0.3) is 26.7 Å². The van der Waals surface area contributed by atoms with E-state index in [1.165, 1.54) is 22.9 Å². The summed E-state index contributed by atoms with van der Waals surface area (Å²) >= 11 is 1.49. The molecule has 0 spiro atoms. The Morgan fingerprint density at radius 1 is 1.19 bits per heavy atom. The first-order chi connectivity index (χ1) is 12.7. The Labute approximate surface area is 153 Å². The van der Waals surface area contributed by atoms with Crippen molar-refractivity contribution in [3.05, 3.63) is 70.0 Å². The molecule has 3 N–H and O–H groups in total. The van der Waals surface area contributed by atoms with Crippen molar-refractivity contribution in [2.75, 3.05) is 14.1 Å². The third kappa shape index (κ3) is 2.87. The first kappa shape index (κ1) is 17.8. The molecule has 0 aliphatic rings. The summed E-state index contributed by atoms with van der Waals surface area (Å²) in [5.74, 6) is -0.243. The van der Waals surface area contributed by atoms with Crippen molar-refractivity contribution in [2.24, 2.45) is 5.73 Å². The number of thiophene rings is 1. The third-order valence-electron chi connectivity index (χ3n) is 3.96. The summed E-state index contributed by atoms with van der Waals surface area (Å²) < 4.78 is 2.20. The van der Waals surface area contributed by atoms with Crippen LogP contribution < -0.4 is 16.6 Å². The first-order valence-corrected chi connectivity index (χ1v) is 8.86. The highest BCUT2D eigenvalue weighted by Crippen LogP contribution is 2.28. The van der Waals surface area contributed by atoms with Crippen molar-refractivity contribution < 1.29 is 4.79 Å². The number of nitrogens with two attached hydrogens (primary N) is 1. The Hall–Kier alpha value is -3.03. The highest BCUT2D eigenvalue weighted by molar-refractivity contribution is 7.18. The number of hydrogen-bond donors (Lipinski definition) is 2. The maximum absolute atomic E-state index is 12.9. The van der Waals surface area contributed by atoms with E-state index in [1.807, 2.05) is 41.8 Å². The molecular weight excluding hydrogens is 348 g/mol. The van der Waals surface area contributed by atoms with Crippen LogP contribution in [-0.2, 0) is 0 Å². The lowest BCUT2D eigenvalue weighted by Crippen LogP contribution is -2.25. The van der Waals surface area contributed by atoms with Gasteiger partial charge in [0.05, 0.1) is 22.0 Å². The predicted octanol–water partition coefficient (Wildman–Crippen LogP) is 2.51. The number of nitrogens with one attached hydrogen (secondary N) is 1. The number of carbonyl (C=O) groups is 1. The highest BCUT2D eigenvalue weighted by atomic mass is 32.1. The molecule has 1 aromatic carbocycles. The Balaban J connectivity index is 0.000000948. The van der Waals surface area contributed by atoms with Crippen molar-refractivity contribution in [1.82, 2.24) is 14.9 Å². The van der Waals surface area contributed by atoms with Crippen LogP contribution >= 0.6 is 11.3 Å². The predicted molar refractivity (Wildman–Crippen MR) is 106 cm³/mol. The number of carbonyl (C=O) groups excluding carboxylic acids is 1. The molecule has 0 aliphatic carbocycles. The van der Waals surface area contributed by atoms with Gasteiger partial charge in [0.15, 0.2) is 0 Å². The van der Waals surface area contributed by atoms with Crippen LogP contribution in [0.2, 0.25) is 0 Å². The molecule has 0 unspecified atom stereocenters. The second-order valence-electron chi connectivity index (χ2n) is 5.33. The maximum Gasteiger partial charge on any atom is 0.279 e. The van der Waals surface area contributed by atoms with E-state index in [-0.39, 0.29) is 11.5 Å². The van der Waals surface area contributed by atoms with Gasteiger partial charge in [-0.1, -0.05) is 30.3 Å². The number of nitrogens with zero attached hydrogens (tertiary/aromatic N) is 2. The van der Waals surface area contributed by atoms with E-state index in [4.69, 9.17) is 0 Å². The van der Waals surface area contributed by atoms with Gasteiger partial charge in [0, 0.05) is 18.0 Å². The van der Waals surface area contributed by atoms with Gasteiger partial charge in [-0.3, -0.25) is 9.59 Å². The van der Waals surface area contributed by atoms with Gasteiger partial charge in [-0.2, -0.15) is 9.61 Å². The number of amides is 1. The van der Waals surface area contributed by atoms with Crippen molar-refractivity contribution >= 4 is 32.8 Å². The van der Waals surface area contributed by atoms with Crippen LogP contribution in [0.15, 0.2) is 58.8 Å². The van der Waals surface area contributed by atoms with Gasteiger partial charge in [-0.15, -0.1) is 11.3 Å². The molecule has 3 aromatic heterocycles. The zero-order valence-corrected chi connectivity index (χ0v) is 15.2. The van der Waals surface area contributed by atoms with Gasteiger partial charge in [0.2, 0.25) is 0 Å². The first-order valence-electron chi connectivity index (χ1n) is 7.98. The van der Waals surface area contributed by atoms with Crippen LogP contribution in [0.4, 0.5) is 0 Å². The molecule has 0 fully saturated rings. The maximum atomic E-state index is 12.9. The smallest absolute Gasteiger partial charge is 0.279 e. The zero-order chi connectivity index (χ0) is 18.7. The molecule has 1 amide bonds. The molecule has 4 aromatic rings. The number of rotatable bonds is 2. The van der Waals surface area contributed by atoms with Crippen molar-refractivity contribution in [1.29, 1.82) is 0 Å². The van der Waals surface area contributed by atoms with E-state index >= 15 is 0 Å². The number of aromatic nitrogens is 2. The van der Waals surface area contributed by atoms with Gasteiger partial charge < -0.3 is 11.1 Å². The summed E-state index contributed by atoms with van der Waals surface area (Å²) in [7, 11) is 3.08. The van der Waals surface area contributed by atoms with Crippen LogP contribution in [0, 0.1) is 0 Å². The average molecular weight is 366 g/mol. The molecule has 0 saturated carbocycles. The fourth-order valence-corrected chi connectivity index (χ4v) is 3.71. The number of fused-ring (bicyclic) bond motifs is 3. The summed E-state index contributed by atoms with van der Waals surface area (Å²) in [6, 6.07) is 12.9. The minimum absolute atomic E-state index is 0.237. The molecule has 3 heterocycles. The second kappa shape index (κ2) is 7.47. The van der Waals surface area contributed by atoms with Crippen LogP contribution in [0.5, 0.6) is 0 Å². The Morgan fingerprint density at radius 2 is 1.92 bits per heavy atom. The fourth-order valence-electron chi connectivity index (χ4n) is 2.80. The fraction of sp³-hybridized carbons (Fsp3) is 0.105. The summed E-state index contributed by atoms with van der Waals surface area (Å²) in [6.45, 7) is 0. The molecule has 4 rings (SSSR count). The van der Waals surface area contributed by atoms with E-state index in [9.17, 15) is 9.59 Å². The van der Waals surface area contributed by atoms with E-state index in [1.54, 1.807) is 19.3 Å². The highest BCUT2D eigenvalue weighted by Gasteiger charge is 2.18. The summed E-state index contributed by atoms with van der Waals surface area (Å²) in [5.41, 5.74) is 6.47. The van der Waals surface area contributed by atoms with Crippen molar-refractivity contribution in [2.45, 2.75) is 0 Å². The van der Waals surface area contributed by atoms with E-state index in [0.29, 0.717) is 16.6 Å². The molecule has 6 nitrogen and oxygen atoms in total. The number of benzene rings is 1. The van der Waals surface area contributed by atoms with E-state index < -0.39 is 0 Å². The van der Waals surface area contributed by atoms with E-state index in [0.717, 1.165) is 15.6 Å². The summed E-state index contributed by atoms with van der Waals surface area (Å²) in [4.78, 5) is 25.4. The average Bonchev–Trinajstić information content (AvgIpc) is 3.19. The van der Waals surface area contributed by atoms with E-state index in [2.05, 4.69) is 16.1 Å². The number of hydrogen-bond acceptors (Lipinski definition) is 5. The van der Waals surface area contributed by atoms with Gasteiger partial charge >= 0.3 is 0 Å². The quantitative estimate of drug-likeness (QED) is 0.570. The van der Waals surface area contributed by atoms with Crippen molar-refractivity contribution in [3.63, 3.8) is 0 Å². The SMILES string of the molecule is CN.CNC(=O)c1cc(-c2ccccc2)c(=O)n2ncc3ccsc3c12. The number of pyridine rings is 1. The standard InChI is InChI=1S/C18H13N3O2S.CH5N/c1-19-17(22)14-9-13(11-5-3-2-4-6-11)18(23)21-15(14)16-12(10-20-21)7-8-24-16;1-2/h2-10H,1H3,(H,19,22);2H2,1H3. The molecule has 0 bridgehead atoms. The minimum atomic E-state index is -0.243. The normalized spacial score (nSPS) is 10.4. The zero-order valence-electron chi connectivity index (χ0n) is 14.4. The molecule has 7 heteroatoms. The van der Waals surface area contributed by atoms with Gasteiger partial charge in [0.25, 0.3) is 11.5 Å². The Bertz CT molecular complexity index is 1130. The summed E-state index contributed by atoms with van der Waals surface area (Å²) in [6.07, 6.45) is 1.66. The van der Waals surface area contributed by atoms with Crippen LogP contribution in [-0.4, -0.2) is 29.6 Å². The largest absolute Gasteiger partial charge is 0.355 e. The van der Waals surface area contributed by atoms with Gasteiger partial charge in [0.1, 0.15) is 0 Å². The minimum Gasteiger partial charge on any atom is -0.355 e. The van der Waals surface area contributed by atoms with Crippen molar-refractivity contribution in [3.8, 4) is 11.1 Å². The van der Waals surface area contributed by atoms with Crippen LogP contribution in [0.1, 0.15) is 10.4 Å². The lowest BCUT2D eigenvalue weighted by atomic mass is 10.0. The molecule has 26 heavy (non-hydrogen) atoms. The van der Waals surface area contributed by atoms with Gasteiger partial charge in [-0.05, 0) is 30.1 Å². The molecule has 132 valence electrons. The lowest BCUT2D eigenvalue weighted by Gasteiger charge is -2.10. The monoisotopic (exact) mass is 366 g/mol. The molecule has 0 saturated heterocycles. The molecule has 0 radical (unpaired) electrons. The third-order valence-corrected chi connectivity index (χ3v) is 4.89. The lowest BCUT2D eigenvalue weighted by molar-refractivity contribution is 0.0964. The molecule has 0 aliphatic heterocycles. The Morgan fingerprint density at radius 3 is 2.62 bits per heavy atom. The molecule has 0 atom stereocenters. The van der Waals surface area contributed by atoms with Gasteiger partial charge in [-0.25, -0.2) is 0 Å². The summed E-state index contributed by atoms with van der Waals surface area (Å²) in [5, 5.41) is 9.77. The van der Waals surface area contributed by atoms with Crippen LogP contribution in [0.3, 0.4) is 0 Å². The second-order valence-corrected chi connectivity index (χ2v) is 6.25. The Kier molecular flexibility index (Phi) is 5.11. The molecular formula is C19H18N4O2S. The topological polar surface area (TPSA) is 89.5 Å².